The van der Waals surface area contributed by atoms with Crippen LogP contribution in [-0.4, -0.2) is 14.2 Å². The molecule has 0 aromatic heterocycles. The molecule has 0 aliphatic heterocycles. The first-order valence-electron chi connectivity index (χ1n) is 6.18. The van der Waals surface area contributed by atoms with Crippen LogP contribution in [0.15, 0.2) is 42.5 Å². The zero-order valence-electron chi connectivity index (χ0n) is 11.6. The number of methoxy groups -OCH3 is 1. The lowest BCUT2D eigenvalue weighted by molar-refractivity contribution is -0.137. The van der Waals surface area contributed by atoms with Gasteiger partial charge in [0.25, 0.3) is 0 Å². The van der Waals surface area contributed by atoms with Gasteiger partial charge in [0.2, 0.25) is 0 Å². The van der Waals surface area contributed by atoms with Crippen LogP contribution in [0.3, 0.4) is 0 Å². The first kappa shape index (κ1) is 15.0. The van der Waals surface area contributed by atoms with Gasteiger partial charge in [-0.25, -0.2) is 0 Å². The predicted octanol–water partition coefficient (Wildman–Crippen LogP) is 4.06. The number of rotatable bonds is 3. The van der Waals surface area contributed by atoms with Crippen LogP contribution in [0.25, 0.3) is 0 Å². The molecule has 0 fully saturated rings. The Hall–Kier alpha value is -2.37. The molecule has 0 unspecified atom stereocenters. The molecule has 0 atom stereocenters. The minimum absolute atomic E-state index is 0.0150. The van der Waals surface area contributed by atoms with Crippen LogP contribution in [0.2, 0.25) is 0 Å². The summed E-state index contributed by atoms with van der Waals surface area (Å²) < 4.78 is 44.7. The Bertz CT molecular complexity index is 641. The lowest BCUT2D eigenvalue weighted by Gasteiger charge is -2.25. The molecule has 2 rings (SSSR count). The van der Waals surface area contributed by atoms with Gasteiger partial charge in [0.1, 0.15) is 5.75 Å². The van der Waals surface area contributed by atoms with Crippen molar-refractivity contribution in [3.05, 3.63) is 48.0 Å². The lowest BCUT2D eigenvalue weighted by Crippen LogP contribution is -2.17. The molecule has 0 spiro atoms. The zero-order chi connectivity index (χ0) is 15.6. The highest BCUT2D eigenvalue weighted by Gasteiger charge is 2.35. The van der Waals surface area contributed by atoms with E-state index in [1.807, 2.05) is 0 Å². The summed E-state index contributed by atoms with van der Waals surface area (Å²) in [6.45, 7) is 0. The second kappa shape index (κ2) is 5.55. The largest absolute Gasteiger partial charge is 0.495 e. The number of alkyl halides is 3. The van der Waals surface area contributed by atoms with Crippen molar-refractivity contribution in [1.82, 2.24) is 0 Å². The molecule has 21 heavy (non-hydrogen) atoms. The topological polar surface area (TPSA) is 38.5 Å². The van der Waals surface area contributed by atoms with E-state index in [4.69, 9.17) is 10.5 Å². The summed E-state index contributed by atoms with van der Waals surface area (Å²) in [7, 11) is 3.03. The van der Waals surface area contributed by atoms with Gasteiger partial charge in [0.15, 0.2) is 0 Å². The van der Waals surface area contributed by atoms with Gasteiger partial charge in [0, 0.05) is 12.7 Å². The van der Waals surface area contributed by atoms with Crippen LogP contribution in [0.5, 0.6) is 5.75 Å². The summed E-state index contributed by atoms with van der Waals surface area (Å²) >= 11 is 0. The number of halogens is 3. The van der Waals surface area contributed by atoms with Gasteiger partial charge in [-0.1, -0.05) is 12.1 Å². The Morgan fingerprint density at radius 3 is 2.33 bits per heavy atom. The maximum absolute atomic E-state index is 13.2. The van der Waals surface area contributed by atoms with Crippen molar-refractivity contribution in [3.8, 4) is 5.75 Å². The van der Waals surface area contributed by atoms with Crippen molar-refractivity contribution in [2.24, 2.45) is 0 Å². The van der Waals surface area contributed by atoms with Gasteiger partial charge in [-0.15, -0.1) is 0 Å². The number of hydrogen-bond donors (Lipinski definition) is 1. The molecule has 0 saturated carbocycles. The van der Waals surface area contributed by atoms with Gasteiger partial charge in [-0.2, -0.15) is 13.2 Å². The highest BCUT2D eigenvalue weighted by molar-refractivity contribution is 5.72. The molecule has 0 saturated heterocycles. The van der Waals surface area contributed by atoms with E-state index in [2.05, 4.69) is 0 Å². The molecule has 3 nitrogen and oxygen atoms in total. The van der Waals surface area contributed by atoms with Crippen LogP contribution in [0, 0.1) is 0 Å². The maximum atomic E-state index is 13.2. The molecule has 2 N–H and O–H groups in total. The molecule has 2 aromatic rings. The van der Waals surface area contributed by atoms with E-state index >= 15 is 0 Å². The molecule has 0 radical (unpaired) electrons. The monoisotopic (exact) mass is 296 g/mol. The lowest BCUT2D eigenvalue weighted by atomic mass is 10.1. The highest BCUT2D eigenvalue weighted by Crippen LogP contribution is 2.41. The smallest absolute Gasteiger partial charge is 0.418 e. The van der Waals surface area contributed by atoms with E-state index in [1.165, 1.54) is 24.1 Å². The Morgan fingerprint density at radius 2 is 1.71 bits per heavy atom. The first-order valence-corrected chi connectivity index (χ1v) is 6.18. The van der Waals surface area contributed by atoms with Crippen molar-refractivity contribution in [1.29, 1.82) is 0 Å². The van der Waals surface area contributed by atoms with Crippen molar-refractivity contribution in [3.63, 3.8) is 0 Å². The number of nitrogens with zero attached hydrogens (tertiary/aromatic N) is 1. The van der Waals surface area contributed by atoms with Gasteiger partial charge < -0.3 is 15.4 Å². The summed E-state index contributed by atoms with van der Waals surface area (Å²) in [5.41, 5.74) is 5.32. The first-order chi connectivity index (χ1) is 9.84. The van der Waals surface area contributed by atoms with Crippen molar-refractivity contribution in [2.75, 3.05) is 24.8 Å². The number of ether oxygens (including phenoxy) is 1. The third-order valence-electron chi connectivity index (χ3n) is 3.13. The Morgan fingerprint density at radius 1 is 1.05 bits per heavy atom. The SMILES string of the molecule is COc1ccccc1N(C)c1ccc(N)cc1C(F)(F)F. The average molecular weight is 296 g/mol. The summed E-state index contributed by atoms with van der Waals surface area (Å²) in [5, 5.41) is 0. The van der Waals surface area contributed by atoms with E-state index in [9.17, 15) is 13.2 Å². The van der Waals surface area contributed by atoms with Gasteiger partial charge in [-0.3, -0.25) is 0 Å². The minimum Gasteiger partial charge on any atom is -0.495 e. The van der Waals surface area contributed by atoms with E-state index in [1.54, 1.807) is 31.3 Å². The number of benzene rings is 2. The van der Waals surface area contributed by atoms with Crippen LogP contribution >= 0.6 is 0 Å². The van der Waals surface area contributed by atoms with E-state index in [0.29, 0.717) is 11.4 Å². The molecule has 0 aliphatic rings. The van der Waals surface area contributed by atoms with E-state index < -0.39 is 11.7 Å². The Kier molecular flexibility index (Phi) is 3.97. The van der Waals surface area contributed by atoms with Gasteiger partial charge >= 0.3 is 6.18 Å². The molecule has 112 valence electrons. The van der Waals surface area contributed by atoms with Crippen molar-refractivity contribution < 1.29 is 17.9 Å². The Labute approximate surface area is 120 Å². The Balaban J connectivity index is 2.56. The summed E-state index contributed by atoms with van der Waals surface area (Å²) in [6.07, 6.45) is -4.49. The second-order valence-electron chi connectivity index (χ2n) is 4.51. The number of hydrogen-bond acceptors (Lipinski definition) is 3. The molecular weight excluding hydrogens is 281 g/mol. The third kappa shape index (κ3) is 3.04. The average Bonchev–Trinajstić information content (AvgIpc) is 2.45. The zero-order valence-corrected chi connectivity index (χ0v) is 11.6. The summed E-state index contributed by atoms with van der Waals surface area (Å²) in [4.78, 5) is 1.43. The van der Waals surface area contributed by atoms with Gasteiger partial charge in [-0.05, 0) is 30.3 Å². The summed E-state index contributed by atoms with van der Waals surface area (Å²) in [5.74, 6) is 0.491. The van der Waals surface area contributed by atoms with E-state index in [-0.39, 0.29) is 11.4 Å². The van der Waals surface area contributed by atoms with Crippen LogP contribution in [0.4, 0.5) is 30.2 Å². The fraction of sp³-hybridized carbons (Fsp3) is 0.200. The maximum Gasteiger partial charge on any atom is 0.418 e. The van der Waals surface area contributed by atoms with Crippen LogP contribution in [-0.2, 0) is 6.18 Å². The number of nitrogens with two attached hydrogens (primary N) is 1. The minimum atomic E-state index is -4.49. The fourth-order valence-electron chi connectivity index (χ4n) is 2.11. The normalized spacial score (nSPS) is 11.3. The van der Waals surface area contributed by atoms with Gasteiger partial charge in [0.05, 0.1) is 24.0 Å². The molecule has 0 amide bonds. The molecular formula is C15H15F3N2O. The number of nitrogen functional groups attached to an aromatic ring is 1. The molecule has 2 aromatic carbocycles. The summed E-state index contributed by atoms with van der Waals surface area (Å²) in [6, 6.07) is 10.6. The molecule has 0 aliphatic carbocycles. The molecule has 0 heterocycles. The fourth-order valence-corrected chi connectivity index (χ4v) is 2.11. The quantitative estimate of drug-likeness (QED) is 0.868. The van der Waals surface area contributed by atoms with Crippen LogP contribution < -0.4 is 15.4 Å². The molecule has 0 bridgehead atoms. The van der Waals surface area contributed by atoms with E-state index in [0.717, 1.165) is 6.07 Å². The highest BCUT2D eigenvalue weighted by atomic mass is 19.4. The second-order valence-corrected chi connectivity index (χ2v) is 4.51. The predicted molar refractivity (Wildman–Crippen MR) is 76.9 cm³/mol. The standard InChI is InChI=1S/C15H15F3N2O/c1-20(13-5-3-4-6-14(13)21-2)12-8-7-10(19)9-11(12)15(16,17)18/h3-9H,19H2,1-2H3. The van der Waals surface area contributed by atoms with Crippen molar-refractivity contribution >= 4 is 17.1 Å². The number of anilines is 3. The third-order valence-corrected chi connectivity index (χ3v) is 3.13. The van der Waals surface area contributed by atoms with Crippen molar-refractivity contribution in [2.45, 2.75) is 6.18 Å². The molecule has 6 heteroatoms. The van der Waals surface area contributed by atoms with Crippen LogP contribution in [0.1, 0.15) is 5.56 Å². The number of para-hydroxylation sites is 2.